The zero-order chi connectivity index (χ0) is 16.0. The molecule has 4 aromatic rings. The topological polar surface area (TPSA) is 68.3 Å². The predicted octanol–water partition coefficient (Wildman–Crippen LogP) is 4.44. The summed E-state index contributed by atoms with van der Waals surface area (Å²) >= 11 is 0. The van der Waals surface area contributed by atoms with Crippen molar-refractivity contribution in [2.75, 3.05) is 5.32 Å². The molecular weight excluding hydrogens is 292 g/mol. The minimum atomic E-state index is -0.287. The molecule has 2 aromatic carbocycles. The van der Waals surface area contributed by atoms with Crippen molar-refractivity contribution in [1.82, 2.24) is 4.98 Å². The van der Waals surface area contributed by atoms with Gasteiger partial charge < -0.3 is 14.2 Å². The standard InChI is InChI=1S/C18H14N2O3/c1-10-13-5-3-4-6-14(13)17(22-10)18(21)20-12-7-8-15-16(9-12)23-11(2)19-15/h3-9H,1-2H3,(H,20,21). The summed E-state index contributed by atoms with van der Waals surface area (Å²) in [7, 11) is 0. The van der Waals surface area contributed by atoms with Crippen LogP contribution in [0.15, 0.2) is 51.3 Å². The highest BCUT2D eigenvalue weighted by molar-refractivity contribution is 6.11. The SMILES string of the molecule is Cc1nc2ccc(NC(=O)c3oc(C)c4ccccc34)cc2o1. The lowest BCUT2D eigenvalue weighted by Crippen LogP contribution is -2.11. The molecule has 23 heavy (non-hydrogen) atoms. The Balaban J connectivity index is 1.70. The number of aromatic nitrogens is 1. The van der Waals surface area contributed by atoms with E-state index >= 15 is 0 Å². The van der Waals surface area contributed by atoms with Crippen LogP contribution in [0.4, 0.5) is 5.69 Å². The van der Waals surface area contributed by atoms with E-state index in [0.717, 1.165) is 22.0 Å². The van der Waals surface area contributed by atoms with Gasteiger partial charge in [0.15, 0.2) is 17.2 Å². The van der Waals surface area contributed by atoms with E-state index in [9.17, 15) is 4.79 Å². The number of carbonyl (C=O) groups is 1. The van der Waals surface area contributed by atoms with Crippen LogP contribution in [0.3, 0.4) is 0 Å². The number of rotatable bonds is 2. The number of nitrogens with zero attached hydrogens (tertiary/aromatic N) is 1. The van der Waals surface area contributed by atoms with E-state index < -0.39 is 0 Å². The second-order valence-electron chi connectivity index (χ2n) is 5.40. The molecule has 0 unspecified atom stereocenters. The Morgan fingerprint density at radius 3 is 2.65 bits per heavy atom. The highest BCUT2D eigenvalue weighted by Crippen LogP contribution is 2.26. The average Bonchev–Trinajstić information content (AvgIpc) is 3.07. The number of nitrogens with one attached hydrogen (secondary N) is 1. The lowest BCUT2D eigenvalue weighted by atomic mass is 10.1. The monoisotopic (exact) mass is 306 g/mol. The van der Waals surface area contributed by atoms with E-state index in [1.54, 1.807) is 19.1 Å². The smallest absolute Gasteiger partial charge is 0.292 e. The van der Waals surface area contributed by atoms with Crippen LogP contribution in [0.5, 0.6) is 0 Å². The molecule has 1 amide bonds. The van der Waals surface area contributed by atoms with Crippen molar-refractivity contribution in [2.45, 2.75) is 13.8 Å². The first-order valence-corrected chi connectivity index (χ1v) is 7.28. The molecule has 0 aliphatic heterocycles. The van der Waals surface area contributed by atoms with Crippen molar-refractivity contribution in [3.05, 3.63) is 59.9 Å². The maximum absolute atomic E-state index is 12.5. The maximum atomic E-state index is 12.5. The average molecular weight is 306 g/mol. The highest BCUT2D eigenvalue weighted by Gasteiger charge is 2.17. The Bertz CT molecular complexity index is 1040. The number of carbonyl (C=O) groups excluding carboxylic acids is 1. The first-order valence-electron chi connectivity index (χ1n) is 7.28. The van der Waals surface area contributed by atoms with Crippen LogP contribution in [0.25, 0.3) is 21.9 Å². The summed E-state index contributed by atoms with van der Waals surface area (Å²) in [6.07, 6.45) is 0. The number of amides is 1. The molecule has 4 rings (SSSR count). The Morgan fingerprint density at radius 1 is 1.04 bits per heavy atom. The Labute approximate surface area is 131 Å². The molecule has 0 saturated heterocycles. The van der Waals surface area contributed by atoms with E-state index in [0.29, 0.717) is 22.9 Å². The summed E-state index contributed by atoms with van der Waals surface area (Å²) < 4.78 is 11.1. The molecule has 0 spiro atoms. The van der Waals surface area contributed by atoms with Gasteiger partial charge in [-0.1, -0.05) is 24.3 Å². The van der Waals surface area contributed by atoms with Crippen molar-refractivity contribution in [3.63, 3.8) is 0 Å². The van der Waals surface area contributed by atoms with Crippen molar-refractivity contribution in [1.29, 1.82) is 0 Å². The van der Waals surface area contributed by atoms with Gasteiger partial charge in [-0.15, -0.1) is 0 Å². The Hall–Kier alpha value is -3.08. The summed E-state index contributed by atoms with van der Waals surface area (Å²) in [5.41, 5.74) is 2.04. The van der Waals surface area contributed by atoms with Gasteiger partial charge in [-0.3, -0.25) is 4.79 Å². The third-order valence-corrected chi connectivity index (χ3v) is 3.77. The van der Waals surface area contributed by atoms with Crippen LogP contribution in [0.2, 0.25) is 0 Å². The molecule has 0 bridgehead atoms. The van der Waals surface area contributed by atoms with Crippen LogP contribution < -0.4 is 5.32 Å². The van der Waals surface area contributed by atoms with E-state index in [2.05, 4.69) is 10.3 Å². The fraction of sp³-hybridized carbons (Fsp3) is 0.111. The quantitative estimate of drug-likeness (QED) is 0.594. The summed E-state index contributed by atoms with van der Waals surface area (Å²) in [5, 5.41) is 4.59. The van der Waals surface area contributed by atoms with Crippen molar-refractivity contribution in [3.8, 4) is 0 Å². The number of furan rings is 1. The number of aryl methyl sites for hydroxylation is 2. The fourth-order valence-electron chi connectivity index (χ4n) is 2.73. The lowest BCUT2D eigenvalue weighted by molar-refractivity contribution is 0.0997. The van der Waals surface area contributed by atoms with Gasteiger partial charge in [-0.2, -0.15) is 0 Å². The van der Waals surface area contributed by atoms with Gasteiger partial charge in [0.05, 0.1) is 0 Å². The van der Waals surface area contributed by atoms with Crippen molar-refractivity contribution in [2.24, 2.45) is 0 Å². The minimum Gasteiger partial charge on any atom is -0.455 e. The first kappa shape index (κ1) is 13.6. The van der Waals surface area contributed by atoms with E-state index in [-0.39, 0.29) is 5.91 Å². The predicted molar refractivity (Wildman–Crippen MR) is 87.7 cm³/mol. The van der Waals surface area contributed by atoms with Crippen molar-refractivity contribution < 1.29 is 13.6 Å². The molecule has 5 heteroatoms. The zero-order valence-corrected chi connectivity index (χ0v) is 12.7. The molecule has 114 valence electrons. The molecule has 0 aliphatic carbocycles. The van der Waals surface area contributed by atoms with Gasteiger partial charge in [0, 0.05) is 29.4 Å². The van der Waals surface area contributed by atoms with E-state index in [4.69, 9.17) is 8.83 Å². The zero-order valence-electron chi connectivity index (χ0n) is 12.7. The summed E-state index contributed by atoms with van der Waals surface area (Å²) in [4.78, 5) is 16.8. The largest absolute Gasteiger partial charge is 0.455 e. The van der Waals surface area contributed by atoms with Gasteiger partial charge >= 0.3 is 0 Å². The number of anilines is 1. The Kier molecular flexibility index (Phi) is 2.94. The van der Waals surface area contributed by atoms with Crippen molar-refractivity contribution >= 4 is 33.5 Å². The van der Waals surface area contributed by atoms with Crippen LogP contribution in [-0.2, 0) is 0 Å². The molecular formula is C18H14N2O3. The molecule has 0 radical (unpaired) electrons. The normalized spacial score (nSPS) is 11.2. The van der Waals surface area contributed by atoms with Gasteiger partial charge in [-0.05, 0) is 19.1 Å². The Morgan fingerprint density at radius 2 is 1.83 bits per heavy atom. The molecule has 1 N–H and O–H groups in total. The van der Waals surface area contributed by atoms with E-state index in [1.807, 2.05) is 37.3 Å². The minimum absolute atomic E-state index is 0.287. The highest BCUT2D eigenvalue weighted by atomic mass is 16.4. The molecule has 0 fully saturated rings. The number of benzene rings is 2. The van der Waals surface area contributed by atoms with E-state index in [1.165, 1.54) is 0 Å². The molecule has 0 aliphatic rings. The van der Waals surface area contributed by atoms with Gasteiger partial charge in [0.25, 0.3) is 5.91 Å². The van der Waals surface area contributed by atoms with Crippen LogP contribution >= 0.6 is 0 Å². The third kappa shape index (κ3) is 2.26. The second-order valence-corrected chi connectivity index (χ2v) is 5.40. The summed E-state index contributed by atoms with van der Waals surface area (Å²) in [6.45, 7) is 3.64. The molecule has 0 saturated carbocycles. The molecule has 2 heterocycles. The van der Waals surface area contributed by atoms with Crippen LogP contribution in [0, 0.1) is 13.8 Å². The van der Waals surface area contributed by atoms with Crippen LogP contribution in [0.1, 0.15) is 22.2 Å². The lowest BCUT2D eigenvalue weighted by Gasteiger charge is -2.03. The first-order chi connectivity index (χ1) is 11.1. The number of hydrogen-bond acceptors (Lipinski definition) is 4. The van der Waals surface area contributed by atoms with Gasteiger partial charge in [-0.25, -0.2) is 4.98 Å². The van der Waals surface area contributed by atoms with Gasteiger partial charge in [0.2, 0.25) is 0 Å². The van der Waals surface area contributed by atoms with Crippen LogP contribution in [-0.4, -0.2) is 10.9 Å². The summed E-state index contributed by atoms with van der Waals surface area (Å²) in [5.74, 6) is 1.35. The fourth-order valence-corrected chi connectivity index (χ4v) is 2.73. The van der Waals surface area contributed by atoms with Gasteiger partial charge in [0.1, 0.15) is 11.3 Å². The number of oxazole rings is 1. The number of hydrogen-bond donors (Lipinski definition) is 1. The maximum Gasteiger partial charge on any atom is 0.292 e. The second kappa shape index (κ2) is 4.98. The summed E-state index contributed by atoms with van der Waals surface area (Å²) in [6, 6.07) is 13.0. The molecule has 5 nitrogen and oxygen atoms in total. The molecule has 0 atom stereocenters. The molecule has 2 aromatic heterocycles. The third-order valence-electron chi connectivity index (χ3n) is 3.77. The number of fused-ring (bicyclic) bond motifs is 2.